The van der Waals surface area contributed by atoms with Gasteiger partial charge >= 0.3 is 0 Å². The molecule has 1 saturated carbocycles. The minimum Gasteiger partial charge on any atom is -0.459 e. The molecule has 1 aromatic heterocycles. The molecule has 1 fully saturated rings. The quantitative estimate of drug-likeness (QED) is 0.728. The number of anilines is 1. The third-order valence-corrected chi connectivity index (χ3v) is 4.10. The Morgan fingerprint density at radius 3 is 2.50 bits per heavy atom. The monoisotopic (exact) mass is 328 g/mol. The van der Waals surface area contributed by atoms with E-state index < -0.39 is 0 Å². The SMILES string of the molecule is O=C(NC(CCO)C1CC1)c1ccc(NC(=O)c2ccco2)cc1. The maximum atomic E-state index is 12.3. The Morgan fingerprint density at radius 2 is 1.92 bits per heavy atom. The molecule has 2 aromatic rings. The summed E-state index contributed by atoms with van der Waals surface area (Å²) in [7, 11) is 0. The standard InChI is InChI=1S/C18H20N2O4/c21-10-9-15(12-3-4-12)20-17(22)13-5-7-14(8-6-13)19-18(23)16-2-1-11-24-16/h1-2,5-8,11-12,15,21H,3-4,9-10H2,(H,19,23)(H,20,22). The topological polar surface area (TPSA) is 91.6 Å². The molecule has 0 aliphatic heterocycles. The number of amides is 2. The average molecular weight is 328 g/mol. The summed E-state index contributed by atoms with van der Waals surface area (Å²) in [5.74, 6) is 0.208. The molecule has 0 saturated heterocycles. The first kappa shape index (κ1) is 16.3. The largest absolute Gasteiger partial charge is 0.459 e. The zero-order chi connectivity index (χ0) is 16.9. The smallest absolute Gasteiger partial charge is 0.291 e. The van der Waals surface area contributed by atoms with Crippen molar-refractivity contribution in [1.29, 1.82) is 0 Å². The Morgan fingerprint density at radius 1 is 1.17 bits per heavy atom. The summed E-state index contributed by atoms with van der Waals surface area (Å²) in [6.45, 7) is 0.0686. The van der Waals surface area contributed by atoms with Crippen LogP contribution < -0.4 is 10.6 Å². The Balaban J connectivity index is 1.59. The van der Waals surface area contributed by atoms with Crippen LogP contribution in [0.2, 0.25) is 0 Å². The molecule has 24 heavy (non-hydrogen) atoms. The lowest BCUT2D eigenvalue weighted by Crippen LogP contribution is -2.37. The van der Waals surface area contributed by atoms with Crippen molar-refractivity contribution in [3.8, 4) is 0 Å². The first-order chi connectivity index (χ1) is 11.7. The second-order valence-corrected chi connectivity index (χ2v) is 5.94. The molecule has 1 atom stereocenters. The van der Waals surface area contributed by atoms with Crippen LogP contribution in [0.4, 0.5) is 5.69 Å². The van der Waals surface area contributed by atoms with Crippen LogP contribution >= 0.6 is 0 Å². The van der Waals surface area contributed by atoms with E-state index in [0.29, 0.717) is 23.6 Å². The predicted octanol–water partition coefficient (Wildman–Crippen LogP) is 2.42. The summed E-state index contributed by atoms with van der Waals surface area (Å²) in [6.07, 6.45) is 4.21. The van der Waals surface area contributed by atoms with Crippen molar-refractivity contribution in [2.45, 2.75) is 25.3 Å². The first-order valence-electron chi connectivity index (χ1n) is 8.04. The Bertz CT molecular complexity index is 690. The zero-order valence-electron chi connectivity index (χ0n) is 13.2. The highest BCUT2D eigenvalue weighted by molar-refractivity contribution is 6.02. The fourth-order valence-corrected chi connectivity index (χ4v) is 2.62. The highest BCUT2D eigenvalue weighted by Gasteiger charge is 2.31. The maximum Gasteiger partial charge on any atom is 0.291 e. The van der Waals surface area contributed by atoms with Crippen LogP contribution in [0, 0.1) is 5.92 Å². The minimum atomic E-state index is -0.339. The summed E-state index contributed by atoms with van der Waals surface area (Å²) in [5.41, 5.74) is 1.11. The second-order valence-electron chi connectivity index (χ2n) is 5.94. The number of carbonyl (C=O) groups is 2. The molecular weight excluding hydrogens is 308 g/mol. The molecule has 1 heterocycles. The number of aliphatic hydroxyl groups excluding tert-OH is 1. The molecular formula is C18H20N2O4. The predicted molar refractivity (Wildman–Crippen MR) is 88.8 cm³/mol. The van der Waals surface area contributed by atoms with Crippen LogP contribution in [0.15, 0.2) is 47.1 Å². The van der Waals surface area contributed by atoms with Gasteiger partial charge in [-0.05, 0) is 61.6 Å². The minimum absolute atomic E-state index is 0.0285. The first-order valence-corrected chi connectivity index (χ1v) is 8.04. The van der Waals surface area contributed by atoms with Crippen molar-refractivity contribution >= 4 is 17.5 Å². The number of aliphatic hydroxyl groups is 1. The van der Waals surface area contributed by atoms with Crippen LogP contribution in [-0.2, 0) is 0 Å². The van der Waals surface area contributed by atoms with Crippen LogP contribution in [0.25, 0.3) is 0 Å². The maximum absolute atomic E-state index is 12.3. The van der Waals surface area contributed by atoms with Gasteiger partial charge in [-0.25, -0.2) is 0 Å². The number of furan rings is 1. The van der Waals surface area contributed by atoms with E-state index in [2.05, 4.69) is 10.6 Å². The number of nitrogens with one attached hydrogen (secondary N) is 2. The number of benzene rings is 1. The van der Waals surface area contributed by atoms with Gasteiger partial charge in [0.15, 0.2) is 5.76 Å². The van der Waals surface area contributed by atoms with Gasteiger partial charge in [0.1, 0.15) is 0 Å². The molecule has 0 spiro atoms. The van der Waals surface area contributed by atoms with E-state index in [0.717, 1.165) is 12.8 Å². The lowest BCUT2D eigenvalue weighted by molar-refractivity contribution is 0.0923. The van der Waals surface area contributed by atoms with Crippen LogP contribution in [-0.4, -0.2) is 29.6 Å². The van der Waals surface area contributed by atoms with Crippen molar-refractivity contribution in [2.75, 3.05) is 11.9 Å². The van der Waals surface area contributed by atoms with Gasteiger partial charge in [0.2, 0.25) is 0 Å². The van der Waals surface area contributed by atoms with Crippen molar-refractivity contribution < 1.29 is 19.1 Å². The number of carbonyl (C=O) groups excluding carboxylic acids is 2. The van der Waals surface area contributed by atoms with Crippen LogP contribution in [0.3, 0.4) is 0 Å². The molecule has 1 aliphatic rings. The summed E-state index contributed by atoms with van der Waals surface area (Å²) >= 11 is 0. The summed E-state index contributed by atoms with van der Waals surface area (Å²) < 4.78 is 5.03. The Kier molecular flexibility index (Phi) is 4.96. The lowest BCUT2D eigenvalue weighted by Gasteiger charge is -2.17. The number of rotatable bonds is 7. The number of hydrogen-bond donors (Lipinski definition) is 3. The Hall–Kier alpha value is -2.60. The van der Waals surface area contributed by atoms with E-state index in [1.807, 2.05) is 0 Å². The summed E-state index contributed by atoms with van der Waals surface area (Å²) in [5, 5.41) is 14.8. The van der Waals surface area contributed by atoms with E-state index in [4.69, 9.17) is 9.52 Å². The van der Waals surface area contributed by atoms with E-state index in [1.54, 1.807) is 36.4 Å². The van der Waals surface area contributed by atoms with E-state index in [1.165, 1.54) is 6.26 Å². The van der Waals surface area contributed by atoms with Gasteiger partial charge in [-0.1, -0.05) is 0 Å². The third kappa shape index (κ3) is 4.02. The van der Waals surface area contributed by atoms with Gasteiger partial charge in [-0.15, -0.1) is 0 Å². The molecule has 2 amide bonds. The van der Waals surface area contributed by atoms with Crippen molar-refractivity contribution in [1.82, 2.24) is 5.32 Å². The van der Waals surface area contributed by atoms with Gasteiger partial charge in [0.25, 0.3) is 11.8 Å². The fraction of sp³-hybridized carbons (Fsp3) is 0.333. The van der Waals surface area contributed by atoms with Crippen LogP contribution in [0.1, 0.15) is 40.2 Å². The fourth-order valence-electron chi connectivity index (χ4n) is 2.62. The third-order valence-electron chi connectivity index (χ3n) is 4.10. The highest BCUT2D eigenvalue weighted by atomic mass is 16.3. The normalized spacial score (nSPS) is 14.9. The van der Waals surface area contributed by atoms with Crippen LogP contribution in [0.5, 0.6) is 0 Å². The van der Waals surface area contributed by atoms with E-state index >= 15 is 0 Å². The molecule has 0 radical (unpaired) electrons. The molecule has 6 nitrogen and oxygen atoms in total. The van der Waals surface area contributed by atoms with Crippen molar-refractivity contribution in [2.24, 2.45) is 5.92 Å². The number of hydrogen-bond acceptors (Lipinski definition) is 4. The molecule has 0 bridgehead atoms. The van der Waals surface area contributed by atoms with Crippen molar-refractivity contribution in [3.05, 3.63) is 54.0 Å². The van der Waals surface area contributed by atoms with Gasteiger partial charge in [0, 0.05) is 23.9 Å². The van der Waals surface area contributed by atoms with Gasteiger partial charge in [-0.3, -0.25) is 9.59 Å². The zero-order valence-corrected chi connectivity index (χ0v) is 13.2. The molecule has 1 unspecified atom stereocenters. The van der Waals surface area contributed by atoms with Gasteiger partial charge in [0.05, 0.1) is 6.26 Å². The van der Waals surface area contributed by atoms with E-state index in [-0.39, 0.29) is 30.2 Å². The second kappa shape index (κ2) is 7.31. The van der Waals surface area contributed by atoms with Gasteiger partial charge in [-0.2, -0.15) is 0 Å². The average Bonchev–Trinajstić information content (AvgIpc) is 3.28. The molecule has 126 valence electrons. The van der Waals surface area contributed by atoms with E-state index in [9.17, 15) is 9.59 Å². The lowest BCUT2D eigenvalue weighted by atomic mass is 10.1. The molecule has 3 N–H and O–H groups in total. The van der Waals surface area contributed by atoms with Gasteiger partial charge < -0.3 is 20.2 Å². The Labute approximate surface area is 139 Å². The summed E-state index contributed by atoms with van der Waals surface area (Å²) in [6, 6.07) is 9.93. The van der Waals surface area contributed by atoms with Crippen molar-refractivity contribution in [3.63, 3.8) is 0 Å². The summed E-state index contributed by atoms with van der Waals surface area (Å²) in [4.78, 5) is 24.2. The molecule has 1 aliphatic carbocycles. The molecule has 6 heteroatoms. The molecule has 1 aromatic carbocycles. The highest BCUT2D eigenvalue weighted by Crippen LogP contribution is 2.34. The molecule has 3 rings (SSSR count).